The number of carbonyl (C=O) groups is 1. The lowest BCUT2D eigenvalue weighted by atomic mass is 10.0. The average molecular weight is 506 g/mol. The van der Waals surface area contributed by atoms with Gasteiger partial charge >= 0.3 is 0 Å². The van der Waals surface area contributed by atoms with E-state index in [0.717, 1.165) is 56.2 Å². The SMILES string of the molecule is CC(C)n1c(SCCCNC(=O)c2cccc3ccccc23)nc(-c2ccccc2)c1-c1ccccc1. The van der Waals surface area contributed by atoms with Crippen LogP contribution in [0.1, 0.15) is 36.7 Å². The minimum absolute atomic E-state index is 0.0248. The summed E-state index contributed by atoms with van der Waals surface area (Å²) in [5.74, 6) is 0.838. The summed E-state index contributed by atoms with van der Waals surface area (Å²) in [5, 5.41) is 6.17. The maximum absolute atomic E-state index is 12.9. The van der Waals surface area contributed by atoms with Crippen molar-refractivity contribution in [2.45, 2.75) is 31.5 Å². The van der Waals surface area contributed by atoms with Gasteiger partial charge in [0.1, 0.15) is 0 Å². The van der Waals surface area contributed by atoms with Crippen molar-refractivity contribution in [3.05, 3.63) is 109 Å². The van der Waals surface area contributed by atoms with Crippen LogP contribution in [0.4, 0.5) is 0 Å². The zero-order valence-electron chi connectivity index (χ0n) is 21.2. The van der Waals surface area contributed by atoms with Gasteiger partial charge in [0.25, 0.3) is 5.91 Å². The fourth-order valence-corrected chi connectivity index (χ4v) is 5.69. The van der Waals surface area contributed by atoms with Gasteiger partial charge in [-0.15, -0.1) is 0 Å². The highest BCUT2D eigenvalue weighted by Crippen LogP contribution is 2.38. The van der Waals surface area contributed by atoms with E-state index in [9.17, 15) is 4.79 Å². The molecule has 0 fully saturated rings. The van der Waals surface area contributed by atoms with E-state index >= 15 is 0 Å². The number of rotatable bonds is 9. The number of nitrogens with zero attached hydrogens (tertiary/aromatic N) is 2. The molecule has 0 bridgehead atoms. The predicted octanol–water partition coefficient (Wildman–Crippen LogP) is 7.86. The van der Waals surface area contributed by atoms with E-state index in [0.29, 0.717) is 6.54 Å². The molecule has 0 aliphatic rings. The van der Waals surface area contributed by atoms with Gasteiger partial charge in [-0.2, -0.15) is 0 Å². The van der Waals surface area contributed by atoms with Crippen molar-refractivity contribution in [3.63, 3.8) is 0 Å². The molecule has 186 valence electrons. The van der Waals surface area contributed by atoms with E-state index < -0.39 is 0 Å². The van der Waals surface area contributed by atoms with Crippen LogP contribution in [0.15, 0.2) is 108 Å². The second-order valence-electron chi connectivity index (χ2n) is 9.27. The molecule has 1 N–H and O–H groups in total. The number of hydrogen-bond donors (Lipinski definition) is 1. The molecule has 5 heteroatoms. The Morgan fingerprint density at radius 2 is 1.49 bits per heavy atom. The van der Waals surface area contributed by atoms with Gasteiger partial charge in [0, 0.05) is 35.0 Å². The average Bonchev–Trinajstić information content (AvgIpc) is 3.33. The second-order valence-corrected chi connectivity index (χ2v) is 10.3. The molecule has 1 heterocycles. The molecule has 5 aromatic rings. The molecule has 0 saturated carbocycles. The van der Waals surface area contributed by atoms with Crippen LogP contribution in [0.25, 0.3) is 33.3 Å². The summed E-state index contributed by atoms with van der Waals surface area (Å²) >= 11 is 1.75. The zero-order valence-corrected chi connectivity index (χ0v) is 22.0. The van der Waals surface area contributed by atoms with E-state index in [1.54, 1.807) is 11.8 Å². The molecule has 4 aromatic carbocycles. The fourth-order valence-electron chi connectivity index (χ4n) is 4.62. The molecule has 1 amide bonds. The van der Waals surface area contributed by atoms with Crippen molar-refractivity contribution in [2.24, 2.45) is 0 Å². The maximum atomic E-state index is 12.9. The van der Waals surface area contributed by atoms with Crippen molar-refractivity contribution in [1.82, 2.24) is 14.9 Å². The number of carbonyl (C=O) groups excluding carboxylic acids is 1. The lowest BCUT2D eigenvalue weighted by Crippen LogP contribution is -2.25. The van der Waals surface area contributed by atoms with E-state index in [2.05, 4.69) is 72.3 Å². The van der Waals surface area contributed by atoms with E-state index in [-0.39, 0.29) is 11.9 Å². The van der Waals surface area contributed by atoms with Crippen LogP contribution < -0.4 is 5.32 Å². The number of benzene rings is 4. The number of hydrogen-bond acceptors (Lipinski definition) is 3. The van der Waals surface area contributed by atoms with Gasteiger partial charge < -0.3 is 9.88 Å². The minimum Gasteiger partial charge on any atom is -0.352 e. The topological polar surface area (TPSA) is 46.9 Å². The summed E-state index contributed by atoms with van der Waals surface area (Å²) in [6, 6.07) is 35.0. The van der Waals surface area contributed by atoms with Gasteiger partial charge in [-0.1, -0.05) is 109 Å². The summed E-state index contributed by atoms with van der Waals surface area (Å²) in [6.07, 6.45) is 0.855. The van der Waals surface area contributed by atoms with Crippen LogP contribution in [0.2, 0.25) is 0 Å². The van der Waals surface area contributed by atoms with Crippen molar-refractivity contribution < 1.29 is 4.79 Å². The third-order valence-electron chi connectivity index (χ3n) is 6.36. The van der Waals surface area contributed by atoms with Gasteiger partial charge in [0.15, 0.2) is 5.16 Å². The Balaban J connectivity index is 1.31. The monoisotopic (exact) mass is 505 g/mol. The molecule has 4 nitrogen and oxygen atoms in total. The van der Waals surface area contributed by atoms with E-state index in [1.807, 2.05) is 54.6 Å². The van der Waals surface area contributed by atoms with Gasteiger partial charge in [-0.3, -0.25) is 4.79 Å². The Labute approximate surface area is 222 Å². The van der Waals surface area contributed by atoms with Crippen LogP contribution in [-0.4, -0.2) is 27.8 Å². The minimum atomic E-state index is -0.0248. The van der Waals surface area contributed by atoms with E-state index in [1.165, 1.54) is 0 Å². The summed E-state index contributed by atoms with van der Waals surface area (Å²) in [6.45, 7) is 5.03. The normalized spacial score (nSPS) is 11.2. The van der Waals surface area contributed by atoms with Crippen LogP contribution in [0, 0.1) is 0 Å². The van der Waals surface area contributed by atoms with Gasteiger partial charge in [0.2, 0.25) is 0 Å². The third-order valence-corrected chi connectivity index (χ3v) is 7.40. The smallest absolute Gasteiger partial charge is 0.251 e. The van der Waals surface area contributed by atoms with Gasteiger partial charge in [-0.25, -0.2) is 4.98 Å². The van der Waals surface area contributed by atoms with E-state index in [4.69, 9.17) is 4.98 Å². The molecular formula is C32H31N3OS. The molecule has 0 unspecified atom stereocenters. The van der Waals surface area contributed by atoms with Crippen molar-refractivity contribution in [3.8, 4) is 22.5 Å². The number of amides is 1. The highest BCUT2D eigenvalue weighted by Gasteiger charge is 2.22. The maximum Gasteiger partial charge on any atom is 0.251 e. The second kappa shape index (κ2) is 11.5. The van der Waals surface area contributed by atoms with Crippen LogP contribution in [0.3, 0.4) is 0 Å². The first-order valence-corrected chi connectivity index (χ1v) is 13.7. The van der Waals surface area contributed by atoms with Crippen molar-refractivity contribution in [1.29, 1.82) is 0 Å². The van der Waals surface area contributed by atoms with Crippen LogP contribution in [0.5, 0.6) is 0 Å². The number of thioether (sulfide) groups is 1. The summed E-state index contributed by atoms with van der Waals surface area (Å²) in [4.78, 5) is 18.0. The summed E-state index contributed by atoms with van der Waals surface area (Å²) in [7, 11) is 0. The molecule has 1 aromatic heterocycles. The number of aromatic nitrogens is 2. The lowest BCUT2D eigenvalue weighted by molar-refractivity contribution is 0.0955. The third kappa shape index (κ3) is 5.47. The summed E-state index contributed by atoms with van der Waals surface area (Å²) in [5.41, 5.74) is 5.16. The first-order valence-electron chi connectivity index (χ1n) is 12.8. The molecule has 0 spiro atoms. The highest BCUT2D eigenvalue weighted by atomic mass is 32.2. The molecule has 0 aliphatic heterocycles. The van der Waals surface area contributed by atoms with Crippen LogP contribution in [-0.2, 0) is 0 Å². The fraction of sp³-hybridized carbons (Fsp3) is 0.188. The molecule has 0 atom stereocenters. The van der Waals surface area contributed by atoms with Crippen molar-refractivity contribution >= 4 is 28.4 Å². The Kier molecular flexibility index (Phi) is 7.71. The highest BCUT2D eigenvalue weighted by molar-refractivity contribution is 7.99. The Hall–Kier alpha value is -3.83. The summed E-state index contributed by atoms with van der Waals surface area (Å²) < 4.78 is 2.34. The standard InChI is InChI=1S/C32H31N3OS/c1-23(2)35-30(26-16-7-4-8-17-26)29(25-14-5-3-6-15-25)34-32(35)37-22-12-21-33-31(36)28-20-11-18-24-13-9-10-19-27(24)28/h3-11,13-20,23H,12,21-22H2,1-2H3,(H,33,36). The Bertz CT molecular complexity index is 1490. The quantitative estimate of drug-likeness (QED) is 0.164. The molecule has 5 rings (SSSR count). The molecular weight excluding hydrogens is 474 g/mol. The predicted molar refractivity (Wildman–Crippen MR) is 155 cm³/mol. The molecule has 0 saturated heterocycles. The van der Waals surface area contributed by atoms with Crippen molar-refractivity contribution in [2.75, 3.05) is 12.3 Å². The number of nitrogens with one attached hydrogen (secondary N) is 1. The van der Waals surface area contributed by atoms with Crippen LogP contribution >= 0.6 is 11.8 Å². The lowest BCUT2D eigenvalue weighted by Gasteiger charge is -2.16. The Morgan fingerprint density at radius 3 is 2.22 bits per heavy atom. The zero-order chi connectivity index (χ0) is 25.6. The van der Waals surface area contributed by atoms with Gasteiger partial charge in [0.05, 0.1) is 11.4 Å². The molecule has 37 heavy (non-hydrogen) atoms. The first-order chi connectivity index (χ1) is 18.1. The number of imidazole rings is 1. The Morgan fingerprint density at radius 1 is 0.838 bits per heavy atom. The molecule has 0 radical (unpaired) electrons. The van der Waals surface area contributed by atoms with Gasteiger partial charge in [-0.05, 0) is 37.1 Å². The largest absolute Gasteiger partial charge is 0.352 e. The first kappa shape index (κ1) is 24.8. The number of fused-ring (bicyclic) bond motifs is 1. The molecule has 0 aliphatic carbocycles.